The highest BCUT2D eigenvalue weighted by Gasteiger charge is 2.12. The lowest BCUT2D eigenvalue weighted by molar-refractivity contribution is 0.295. The summed E-state index contributed by atoms with van der Waals surface area (Å²) >= 11 is 0. The molecular formula is C14H17N3O2. The van der Waals surface area contributed by atoms with Gasteiger partial charge in [0.2, 0.25) is 0 Å². The molecule has 0 saturated carbocycles. The maximum absolute atomic E-state index is 11.9. The first-order valence-corrected chi connectivity index (χ1v) is 6.14. The van der Waals surface area contributed by atoms with Crippen LogP contribution in [-0.4, -0.2) is 9.97 Å². The molecule has 0 amide bonds. The number of hydrogen-bond acceptors (Lipinski definition) is 4. The molecule has 5 nitrogen and oxygen atoms in total. The highest BCUT2D eigenvalue weighted by atomic mass is 16.5. The molecule has 0 aliphatic carbocycles. The van der Waals surface area contributed by atoms with Gasteiger partial charge in [-0.25, -0.2) is 4.98 Å². The number of aromatic amines is 1. The summed E-state index contributed by atoms with van der Waals surface area (Å²) in [5, 5.41) is 0. The molecule has 1 aromatic heterocycles. The number of nitrogens with two attached hydrogens (primary N) is 1. The van der Waals surface area contributed by atoms with Crippen LogP contribution in [0.5, 0.6) is 5.75 Å². The summed E-state index contributed by atoms with van der Waals surface area (Å²) in [5.74, 6) is 1.46. The smallest absolute Gasteiger partial charge is 0.256 e. The molecule has 2 aromatic rings. The standard InChI is InChI=1S/C14H17N3O2/c1-9(2)12-13(15)16-11(17-14(12)18)8-19-10-6-4-3-5-7-10/h3-7,9H,8H2,1-2H3,(H3,15,16,17,18). The quantitative estimate of drug-likeness (QED) is 0.880. The molecule has 100 valence electrons. The summed E-state index contributed by atoms with van der Waals surface area (Å²) in [4.78, 5) is 18.7. The van der Waals surface area contributed by atoms with Gasteiger partial charge in [-0.3, -0.25) is 4.79 Å². The van der Waals surface area contributed by atoms with Gasteiger partial charge >= 0.3 is 0 Å². The number of hydrogen-bond donors (Lipinski definition) is 2. The van der Waals surface area contributed by atoms with E-state index in [1.807, 2.05) is 44.2 Å². The zero-order valence-corrected chi connectivity index (χ0v) is 11.0. The molecule has 0 aliphatic rings. The third kappa shape index (κ3) is 3.13. The Morgan fingerprint density at radius 2 is 2.00 bits per heavy atom. The Balaban J connectivity index is 2.17. The van der Waals surface area contributed by atoms with Crippen molar-refractivity contribution in [3.63, 3.8) is 0 Å². The first kappa shape index (κ1) is 13.1. The highest BCUT2D eigenvalue weighted by molar-refractivity contribution is 5.39. The van der Waals surface area contributed by atoms with Crippen molar-refractivity contribution < 1.29 is 4.74 Å². The summed E-state index contributed by atoms with van der Waals surface area (Å²) in [5.41, 5.74) is 6.12. The van der Waals surface area contributed by atoms with E-state index in [1.54, 1.807) is 0 Å². The van der Waals surface area contributed by atoms with Gasteiger partial charge in [-0.1, -0.05) is 32.0 Å². The highest BCUT2D eigenvalue weighted by Crippen LogP contribution is 2.15. The van der Waals surface area contributed by atoms with Crippen LogP contribution in [0, 0.1) is 0 Å². The van der Waals surface area contributed by atoms with Crippen LogP contribution in [0.1, 0.15) is 31.2 Å². The number of nitrogens with zero attached hydrogens (tertiary/aromatic N) is 1. The molecule has 0 spiro atoms. The fourth-order valence-corrected chi connectivity index (χ4v) is 1.84. The number of benzene rings is 1. The van der Waals surface area contributed by atoms with Gasteiger partial charge in [0.25, 0.3) is 5.56 Å². The number of aromatic nitrogens is 2. The Bertz CT molecular complexity index is 606. The van der Waals surface area contributed by atoms with E-state index in [1.165, 1.54) is 0 Å². The minimum atomic E-state index is -0.200. The van der Waals surface area contributed by atoms with Gasteiger partial charge in [-0.05, 0) is 18.1 Å². The molecule has 2 rings (SSSR count). The van der Waals surface area contributed by atoms with E-state index >= 15 is 0 Å². The number of nitrogen functional groups attached to an aromatic ring is 1. The SMILES string of the molecule is CC(C)c1c(N)nc(COc2ccccc2)[nH]c1=O. The Labute approximate surface area is 111 Å². The molecule has 0 unspecified atom stereocenters. The molecule has 0 saturated heterocycles. The minimum Gasteiger partial charge on any atom is -0.486 e. The predicted octanol–water partition coefficient (Wildman–Crippen LogP) is 2.05. The first-order chi connectivity index (χ1) is 9.08. The first-order valence-electron chi connectivity index (χ1n) is 6.14. The average Bonchev–Trinajstić information content (AvgIpc) is 2.36. The van der Waals surface area contributed by atoms with Gasteiger partial charge < -0.3 is 15.5 Å². The minimum absolute atomic E-state index is 0.0420. The maximum atomic E-state index is 11.9. The second-order valence-electron chi connectivity index (χ2n) is 4.57. The third-order valence-electron chi connectivity index (χ3n) is 2.73. The zero-order chi connectivity index (χ0) is 13.8. The number of rotatable bonds is 4. The van der Waals surface area contributed by atoms with E-state index in [2.05, 4.69) is 9.97 Å². The lowest BCUT2D eigenvalue weighted by Crippen LogP contribution is -2.21. The molecule has 19 heavy (non-hydrogen) atoms. The van der Waals surface area contributed by atoms with Crippen LogP contribution < -0.4 is 16.0 Å². The van der Waals surface area contributed by atoms with E-state index in [-0.39, 0.29) is 23.9 Å². The van der Waals surface area contributed by atoms with Crippen molar-refractivity contribution in [1.29, 1.82) is 0 Å². The molecule has 5 heteroatoms. The van der Waals surface area contributed by atoms with Crippen LogP contribution in [0.3, 0.4) is 0 Å². The van der Waals surface area contributed by atoms with E-state index in [0.717, 1.165) is 5.75 Å². The second-order valence-corrected chi connectivity index (χ2v) is 4.57. The van der Waals surface area contributed by atoms with Crippen molar-refractivity contribution in [1.82, 2.24) is 9.97 Å². The summed E-state index contributed by atoms with van der Waals surface area (Å²) in [6.45, 7) is 3.99. The van der Waals surface area contributed by atoms with Gasteiger partial charge in [0.15, 0.2) is 0 Å². The molecule has 0 radical (unpaired) electrons. The van der Waals surface area contributed by atoms with Crippen molar-refractivity contribution in [2.24, 2.45) is 0 Å². The fourth-order valence-electron chi connectivity index (χ4n) is 1.84. The van der Waals surface area contributed by atoms with E-state index < -0.39 is 0 Å². The van der Waals surface area contributed by atoms with Gasteiger partial charge in [0, 0.05) is 0 Å². The van der Waals surface area contributed by atoms with Crippen LogP contribution in [0.25, 0.3) is 0 Å². The Hall–Kier alpha value is -2.30. The molecule has 0 fully saturated rings. The maximum Gasteiger partial charge on any atom is 0.256 e. The van der Waals surface area contributed by atoms with E-state index in [4.69, 9.17) is 10.5 Å². The number of para-hydroxylation sites is 1. The fraction of sp³-hybridized carbons (Fsp3) is 0.286. The van der Waals surface area contributed by atoms with Gasteiger partial charge in [-0.15, -0.1) is 0 Å². The zero-order valence-electron chi connectivity index (χ0n) is 11.0. The Morgan fingerprint density at radius 3 is 2.58 bits per heavy atom. The number of H-pyrrole nitrogens is 1. The molecule has 0 bridgehead atoms. The van der Waals surface area contributed by atoms with Crippen molar-refractivity contribution >= 4 is 5.82 Å². The third-order valence-corrected chi connectivity index (χ3v) is 2.73. The van der Waals surface area contributed by atoms with Crippen LogP contribution in [0.2, 0.25) is 0 Å². The van der Waals surface area contributed by atoms with Crippen LogP contribution in [0.15, 0.2) is 35.1 Å². The molecular weight excluding hydrogens is 242 g/mol. The van der Waals surface area contributed by atoms with Crippen LogP contribution >= 0.6 is 0 Å². The van der Waals surface area contributed by atoms with Gasteiger partial charge in [0.05, 0.1) is 5.56 Å². The van der Waals surface area contributed by atoms with E-state index in [0.29, 0.717) is 11.4 Å². The monoisotopic (exact) mass is 259 g/mol. The second kappa shape index (κ2) is 5.56. The van der Waals surface area contributed by atoms with Crippen LogP contribution in [-0.2, 0) is 6.61 Å². The summed E-state index contributed by atoms with van der Waals surface area (Å²) in [7, 11) is 0. The summed E-state index contributed by atoms with van der Waals surface area (Å²) in [6.07, 6.45) is 0. The summed E-state index contributed by atoms with van der Waals surface area (Å²) in [6, 6.07) is 9.33. The lowest BCUT2D eigenvalue weighted by Gasteiger charge is -2.10. The predicted molar refractivity (Wildman–Crippen MR) is 74.1 cm³/mol. The van der Waals surface area contributed by atoms with Crippen LogP contribution in [0.4, 0.5) is 5.82 Å². The normalized spacial score (nSPS) is 10.7. The van der Waals surface area contributed by atoms with E-state index in [9.17, 15) is 4.79 Å². The van der Waals surface area contributed by atoms with Gasteiger partial charge in [0.1, 0.15) is 24.0 Å². The Kier molecular flexibility index (Phi) is 3.85. The van der Waals surface area contributed by atoms with Gasteiger partial charge in [-0.2, -0.15) is 0 Å². The van der Waals surface area contributed by atoms with Crippen molar-refractivity contribution in [2.45, 2.75) is 26.4 Å². The molecule has 1 aromatic carbocycles. The van der Waals surface area contributed by atoms with Crippen molar-refractivity contribution in [2.75, 3.05) is 5.73 Å². The number of ether oxygens (including phenoxy) is 1. The topological polar surface area (TPSA) is 81.0 Å². The number of anilines is 1. The average molecular weight is 259 g/mol. The largest absolute Gasteiger partial charge is 0.486 e. The van der Waals surface area contributed by atoms with Crippen molar-refractivity contribution in [3.8, 4) is 5.75 Å². The molecule has 0 aliphatic heterocycles. The molecule has 3 N–H and O–H groups in total. The Morgan fingerprint density at radius 1 is 1.32 bits per heavy atom. The van der Waals surface area contributed by atoms with Crippen molar-refractivity contribution in [3.05, 3.63) is 52.1 Å². The summed E-state index contributed by atoms with van der Waals surface area (Å²) < 4.78 is 5.51. The lowest BCUT2D eigenvalue weighted by atomic mass is 10.1. The molecule has 1 heterocycles. The number of nitrogens with one attached hydrogen (secondary N) is 1. The molecule has 0 atom stereocenters.